The minimum Gasteiger partial charge on any atom is -0.119 e. The van der Waals surface area contributed by atoms with E-state index in [1.807, 2.05) is 0 Å². The molecule has 0 amide bonds. The second kappa shape index (κ2) is 4.70. The van der Waals surface area contributed by atoms with E-state index in [1.54, 1.807) is 0 Å². The van der Waals surface area contributed by atoms with Crippen molar-refractivity contribution in [3.05, 3.63) is 11.6 Å². The molecule has 1 aliphatic rings. The highest BCUT2D eigenvalue weighted by molar-refractivity contribution is 6.22. The number of hydrogen-bond acceptors (Lipinski definition) is 0. The van der Waals surface area contributed by atoms with Gasteiger partial charge in [-0.3, -0.25) is 0 Å². The van der Waals surface area contributed by atoms with Gasteiger partial charge in [0.05, 0.1) is 5.38 Å². The van der Waals surface area contributed by atoms with Crippen LogP contribution in [0.1, 0.15) is 53.4 Å². The van der Waals surface area contributed by atoms with E-state index in [9.17, 15) is 0 Å². The summed E-state index contributed by atoms with van der Waals surface area (Å²) in [4.78, 5) is 0. The lowest BCUT2D eigenvalue weighted by Crippen LogP contribution is -2.20. The fourth-order valence-corrected chi connectivity index (χ4v) is 2.17. The Morgan fingerprint density at radius 2 is 1.86 bits per heavy atom. The summed E-state index contributed by atoms with van der Waals surface area (Å²) in [5, 5.41) is 0.199. The molecular formula is C13H23Cl. The van der Waals surface area contributed by atoms with Crippen LogP contribution in [0.5, 0.6) is 0 Å². The van der Waals surface area contributed by atoms with Gasteiger partial charge in [-0.25, -0.2) is 0 Å². The number of hydrogen-bond donors (Lipinski definition) is 0. The largest absolute Gasteiger partial charge is 0.119 e. The molecule has 1 fully saturated rings. The van der Waals surface area contributed by atoms with Gasteiger partial charge in [-0.1, -0.05) is 25.5 Å². The van der Waals surface area contributed by atoms with Gasteiger partial charge >= 0.3 is 0 Å². The van der Waals surface area contributed by atoms with Gasteiger partial charge in [0.15, 0.2) is 0 Å². The van der Waals surface area contributed by atoms with Gasteiger partial charge in [0, 0.05) is 0 Å². The molecule has 1 aliphatic carbocycles. The third-order valence-electron chi connectivity index (χ3n) is 3.51. The van der Waals surface area contributed by atoms with E-state index in [-0.39, 0.29) is 5.38 Å². The highest BCUT2D eigenvalue weighted by Crippen LogP contribution is 2.38. The minimum atomic E-state index is 0.199. The SMILES string of the molecule is C/C(=C\C1CCC(C)(C)CC1)C(C)Cl. The lowest BCUT2D eigenvalue weighted by atomic mass is 9.73. The summed E-state index contributed by atoms with van der Waals surface area (Å²) in [5.74, 6) is 0.782. The van der Waals surface area contributed by atoms with Gasteiger partial charge in [-0.15, -0.1) is 11.6 Å². The third-order valence-corrected chi connectivity index (χ3v) is 3.85. The Morgan fingerprint density at radius 1 is 1.36 bits per heavy atom. The predicted molar refractivity (Wildman–Crippen MR) is 64.8 cm³/mol. The molecule has 1 unspecified atom stereocenters. The molecular weight excluding hydrogens is 192 g/mol. The zero-order valence-electron chi connectivity index (χ0n) is 9.94. The van der Waals surface area contributed by atoms with Crippen LogP contribution in [0.3, 0.4) is 0 Å². The summed E-state index contributed by atoms with van der Waals surface area (Å²) < 4.78 is 0. The van der Waals surface area contributed by atoms with Crippen LogP contribution in [0.2, 0.25) is 0 Å². The van der Waals surface area contributed by atoms with Gasteiger partial charge < -0.3 is 0 Å². The number of rotatable bonds is 2. The van der Waals surface area contributed by atoms with Crippen LogP contribution in [0.15, 0.2) is 11.6 Å². The van der Waals surface area contributed by atoms with Crippen molar-refractivity contribution in [2.24, 2.45) is 11.3 Å². The molecule has 0 heterocycles. The van der Waals surface area contributed by atoms with Gasteiger partial charge in [-0.2, -0.15) is 0 Å². The van der Waals surface area contributed by atoms with E-state index in [1.165, 1.54) is 31.3 Å². The summed E-state index contributed by atoms with van der Waals surface area (Å²) >= 11 is 6.04. The topological polar surface area (TPSA) is 0 Å². The van der Waals surface area contributed by atoms with Crippen LogP contribution in [0, 0.1) is 11.3 Å². The van der Waals surface area contributed by atoms with Gasteiger partial charge in [0.25, 0.3) is 0 Å². The van der Waals surface area contributed by atoms with E-state index in [0.717, 1.165) is 5.92 Å². The zero-order chi connectivity index (χ0) is 10.8. The normalized spacial score (nSPS) is 26.2. The van der Waals surface area contributed by atoms with E-state index in [0.29, 0.717) is 5.41 Å². The first-order valence-corrected chi connectivity index (χ1v) is 6.17. The van der Waals surface area contributed by atoms with Crippen molar-refractivity contribution in [3.63, 3.8) is 0 Å². The highest BCUT2D eigenvalue weighted by atomic mass is 35.5. The van der Waals surface area contributed by atoms with Crippen LogP contribution in [-0.2, 0) is 0 Å². The molecule has 0 saturated heterocycles. The molecule has 0 spiro atoms. The maximum atomic E-state index is 6.04. The molecule has 0 aromatic heterocycles. The molecule has 0 bridgehead atoms. The fourth-order valence-electron chi connectivity index (χ4n) is 2.09. The van der Waals surface area contributed by atoms with Crippen molar-refractivity contribution in [1.29, 1.82) is 0 Å². The van der Waals surface area contributed by atoms with Gasteiger partial charge in [0.2, 0.25) is 0 Å². The standard InChI is InChI=1S/C13H23Cl/c1-10(11(2)14)9-12-5-7-13(3,4)8-6-12/h9,11-12H,5-8H2,1-4H3/b10-9+. The van der Waals surface area contributed by atoms with Crippen molar-refractivity contribution >= 4 is 11.6 Å². The molecule has 14 heavy (non-hydrogen) atoms. The lowest BCUT2D eigenvalue weighted by molar-refractivity contribution is 0.213. The summed E-state index contributed by atoms with van der Waals surface area (Å²) in [7, 11) is 0. The smallest absolute Gasteiger partial charge is 0.0514 e. The van der Waals surface area contributed by atoms with Crippen LogP contribution >= 0.6 is 11.6 Å². The molecule has 1 saturated carbocycles. The van der Waals surface area contributed by atoms with Crippen LogP contribution in [0.25, 0.3) is 0 Å². The van der Waals surface area contributed by atoms with Crippen molar-refractivity contribution in [2.45, 2.75) is 58.8 Å². The van der Waals surface area contributed by atoms with Crippen molar-refractivity contribution in [2.75, 3.05) is 0 Å². The molecule has 0 aromatic carbocycles. The van der Waals surface area contributed by atoms with E-state index in [4.69, 9.17) is 11.6 Å². The highest BCUT2D eigenvalue weighted by Gasteiger charge is 2.25. The Labute approximate surface area is 93.7 Å². The molecule has 0 aliphatic heterocycles. The summed E-state index contributed by atoms with van der Waals surface area (Å²) in [6.07, 6.45) is 7.80. The van der Waals surface area contributed by atoms with Crippen LogP contribution in [-0.4, -0.2) is 5.38 Å². The average Bonchev–Trinajstić information content (AvgIpc) is 2.08. The Morgan fingerprint density at radius 3 is 2.29 bits per heavy atom. The first kappa shape index (κ1) is 12.1. The summed E-state index contributed by atoms with van der Waals surface area (Å²) in [5.41, 5.74) is 1.92. The maximum Gasteiger partial charge on any atom is 0.0514 e. The first-order valence-electron chi connectivity index (χ1n) is 5.73. The quantitative estimate of drug-likeness (QED) is 0.459. The monoisotopic (exact) mass is 214 g/mol. The Balaban J connectivity index is 2.47. The predicted octanol–water partition coefficient (Wildman–Crippen LogP) is 4.78. The molecule has 1 heteroatoms. The summed E-state index contributed by atoms with van der Waals surface area (Å²) in [6, 6.07) is 0. The van der Waals surface area contributed by atoms with E-state index < -0.39 is 0 Å². The van der Waals surface area contributed by atoms with Gasteiger partial charge in [0.1, 0.15) is 0 Å². The fraction of sp³-hybridized carbons (Fsp3) is 0.846. The second-order valence-electron chi connectivity index (χ2n) is 5.53. The maximum absolute atomic E-state index is 6.04. The second-order valence-corrected chi connectivity index (χ2v) is 6.18. The number of allylic oxidation sites excluding steroid dienone is 2. The molecule has 0 radical (unpaired) electrons. The number of alkyl halides is 1. The van der Waals surface area contributed by atoms with Crippen LogP contribution < -0.4 is 0 Å². The Kier molecular flexibility index (Phi) is 4.06. The van der Waals surface area contributed by atoms with Crippen LogP contribution in [0.4, 0.5) is 0 Å². The molecule has 0 aromatic rings. The van der Waals surface area contributed by atoms with Gasteiger partial charge in [-0.05, 0) is 50.9 Å². The first-order chi connectivity index (χ1) is 6.41. The molecule has 1 atom stereocenters. The minimum absolute atomic E-state index is 0.199. The summed E-state index contributed by atoms with van der Waals surface area (Å²) in [6.45, 7) is 8.96. The molecule has 0 nitrogen and oxygen atoms in total. The van der Waals surface area contributed by atoms with Crippen molar-refractivity contribution < 1.29 is 0 Å². The Hall–Kier alpha value is 0.0300. The van der Waals surface area contributed by atoms with Crippen molar-refractivity contribution in [3.8, 4) is 0 Å². The van der Waals surface area contributed by atoms with E-state index >= 15 is 0 Å². The zero-order valence-corrected chi connectivity index (χ0v) is 10.7. The molecule has 82 valence electrons. The third kappa shape index (κ3) is 3.65. The lowest BCUT2D eigenvalue weighted by Gasteiger charge is -2.33. The molecule has 1 rings (SSSR count). The Bertz CT molecular complexity index is 203. The van der Waals surface area contributed by atoms with Crippen molar-refractivity contribution in [1.82, 2.24) is 0 Å². The number of halogens is 1. The average molecular weight is 215 g/mol. The molecule has 0 N–H and O–H groups in total. The van der Waals surface area contributed by atoms with E-state index in [2.05, 4.69) is 33.8 Å².